The van der Waals surface area contributed by atoms with Gasteiger partial charge in [-0.05, 0) is 24.3 Å². The van der Waals surface area contributed by atoms with Gasteiger partial charge < -0.3 is 20.1 Å². The average Bonchev–Trinajstić information content (AvgIpc) is 3.01. The van der Waals surface area contributed by atoms with E-state index in [0.717, 1.165) is 6.07 Å². The fourth-order valence-electron chi connectivity index (χ4n) is 2.61. The molecule has 1 heterocycles. The van der Waals surface area contributed by atoms with Crippen molar-refractivity contribution in [2.75, 3.05) is 31.6 Å². The fourth-order valence-corrected chi connectivity index (χ4v) is 3.61. The van der Waals surface area contributed by atoms with Crippen LogP contribution in [0.1, 0.15) is 6.42 Å². The summed E-state index contributed by atoms with van der Waals surface area (Å²) in [6.07, 6.45) is 0.644. The Morgan fingerprint density at radius 2 is 1.62 bits per heavy atom. The summed E-state index contributed by atoms with van der Waals surface area (Å²) >= 11 is 0. The lowest BCUT2D eigenvalue weighted by Crippen LogP contribution is -2.40. The number of hydrogen-bond donors (Lipinski definition) is 3. The zero-order valence-electron chi connectivity index (χ0n) is 16.4. The highest BCUT2D eigenvalue weighted by atomic mass is 32.2. The first-order valence-electron chi connectivity index (χ1n) is 9.27. The summed E-state index contributed by atoms with van der Waals surface area (Å²) in [7, 11) is -4.08. The number of amides is 2. The second-order valence-electron chi connectivity index (χ2n) is 6.53. The van der Waals surface area contributed by atoms with Crippen molar-refractivity contribution in [1.29, 1.82) is 0 Å². The highest BCUT2D eigenvalue weighted by Crippen LogP contribution is 2.31. The molecule has 1 aliphatic heterocycles. The van der Waals surface area contributed by atoms with E-state index in [1.807, 2.05) is 5.32 Å². The van der Waals surface area contributed by atoms with E-state index in [9.17, 15) is 31.2 Å². The van der Waals surface area contributed by atoms with Crippen LogP contribution >= 0.6 is 0 Å². The molecule has 0 unspecified atom stereocenters. The molecule has 0 radical (unpaired) electrons. The lowest BCUT2D eigenvalue weighted by atomic mass is 10.2. The Hall–Kier alpha value is -3.32. The Bertz CT molecular complexity index is 1140. The number of ether oxygens (including phenoxy) is 2. The summed E-state index contributed by atoms with van der Waals surface area (Å²) < 4.78 is 77.4. The van der Waals surface area contributed by atoms with Crippen LogP contribution in [0.3, 0.4) is 0 Å². The van der Waals surface area contributed by atoms with Crippen LogP contribution in [-0.4, -0.2) is 46.5 Å². The first kappa shape index (κ1) is 23.3. The number of hydrogen-bond acceptors (Lipinski definition) is 6. The van der Waals surface area contributed by atoms with E-state index >= 15 is 0 Å². The molecule has 3 rings (SSSR count). The predicted molar refractivity (Wildman–Crippen MR) is 105 cm³/mol. The highest BCUT2D eigenvalue weighted by Gasteiger charge is 2.20. The minimum Gasteiger partial charge on any atom is -0.490 e. The van der Waals surface area contributed by atoms with Gasteiger partial charge in [-0.15, -0.1) is 0 Å². The van der Waals surface area contributed by atoms with E-state index in [1.54, 1.807) is 0 Å². The zero-order chi connectivity index (χ0) is 23.3. The maximum Gasteiger partial charge on any atom is 0.243 e. The maximum atomic E-state index is 13.6. The molecule has 0 fully saturated rings. The van der Waals surface area contributed by atoms with Crippen molar-refractivity contribution in [3.63, 3.8) is 0 Å². The molecule has 0 bridgehead atoms. The summed E-state index contributed by atoms with van der Waals surface area (Å²) in [5.41, 5.74) is -0.613. The minimum absolute atomic E-state index is 0.152. The Morgan fingerprint density at radius 3 is 2.38 bits per heavy atom. The molecule has 3 N–H and O–H groups in total. The molecule has 0 saturated carbocycles. The minimum atomic E-state index is -4.08. The molecular weight excluding hydrogens is 455 g/mol. The number of sulfonamides is 1. The molecule has 0 atom stereocenters. The summed E-state index contributed by atoms with van der Waals surface area (Å²) in [4.78, 5) is 23.5. The van der Waals surface area contributed by atoms with Gasteiger partial charge in [-0.2, -0.15) is 0 Å². The third kappa shape index (κ3) is 5.68. The van der Waals surface area contributed by atoms with Crippen LogP contribution in [0.15, 0.2) is 35.2 Å². The molecule has 1 aliphatic rings. The van der Waals surface area contributed by atoms with Crippen LogP contribution in [0.25, 0.3) is 0 Å². The number of carbonyl (C=O) groups is 2. The Morgan fingerprint density at radius 1 is 0.906 bits per heavy atom. The van der Waals surface area contributed by atoms with Crippen molar-refractivity contribution < 1.29 is 40.7 Å². The number of benzene rings is 2. The summed E-state index contributed by atoms with van der Waals surface area (Å²) in [5.74, 6) is -5.89. The number of carbonyl (C=O) groups excluding carboxylic acids is 2. The molecular formula is C19H18F3N3O6S. The van der Waals surface area contributed by atoms with Gasteiger partial charge in [0.05, 0.1) is 36.9 Å². The number of fused-ring (bicyclic) bond motifs is 1. The maximum absolute atomic E-state index is 13.6. The van der Waals surface area contributed by atoms with Crippen LogP contribution in [0.2, 0.25) is 0 Å². The van der Waals surface area contributed by atoms with Gasteiger partial charge in [-0.3, -0.25) is 9.59 Å². The van der Waals surface area contributed by atoms with Gasteiger partial charge >= 0.3 is 0 Å². The zero-order valence-corrected chi connectivity index (χ0v) is 17.2. The van der Waals surface area contributed by atoms with Crippen molar-refractivity contribution in [2.45, 2.75) is 11.3 Å². The molecule has 0 aliphatic carbocycles. The third-order valence-electron chi connectivity index (χ3n) is 4.21. The van der Waals surface area contributed by atoms with Crippen LogP contribution in [0, 0.1) is 17.5 Å². The van der Waals surface area contributed by atoms with Crippen LogP contribution in [0.4, 0.5) is 18.9 Å². The van der Waals surface area contributed by atoms with Crippen LogP contribution < -0.4 is 24.8 Å². The fraction of sp³-hybridized carbons (Fsp3) is 0.263. The van der Waals surface area contributed by atoms with Gasteiger partial charge in [0.2, 0.25) is 21.8 Å². The van der Waals surface area contributed by atoms with Crippen molar-refractivity contribution in [3.05, 3.63) is 47.8 Å². The van der Waals surface area contributed by atoms with Gasteiger partial charge in [0.1, 0.15) is 0 Å². The SMILES string of the molecule is O=C(CNS(=O)(=O)c1ccc2c(c1)OCCCO2)NCC(=O)Nc1ccc(F)c(F)c1F. The lowest BCUT2D eigenvalue weighted by molar-refractivity contribution is -0.123. The monoisotopic (exact) mass is 473 g/mol. The average molecular weight is 473 g/mol. The lowest BCUT2D eigenvalue weighted by Gasteiger charge is -2.11. The summed E-state index contributed by atoms with van der Waals surface area (Å²) in [6.45, 7) is -0.552. The quantitative estimate of drug-likeness (QED) is 0.521. The molecule has 2 aromatic carbocycles. The summed E-state index contributed by atoms with van der Waals surface area (Å²) in [6, 6.07) is 5.44. The third-order valence-corrected chi connectivity index (χ3v) is 5.61. The van der Waals surface area contributed by atoms with E-state index in [0.29, 0.717) is 31.5 Å². The van der Waals surface area contributed by atoms with Gasteiger partial charge in [-0.25, -0.2) is 26.3 Å². The van der Waals surface area contributed by atoms with Gasteiger partial charge in [0.15, 0.2) is 29.0 Å². The van der Waals surface area contributed by atoms with Crippen LogP contribution in [0.5, 0.6) is 11.5 Å². The number of halogens is 3. The number of nitrogens with one attached hydrogen (secondary N) is 3. The second-order valence-corrected chi connectivity index (χ2v) is 8.30. The molecule has 32 heavy (non-hydrogen) atoms. The van der Waals surface area contributed by atoms with Crippen molar-refractivity contribution in [1.82, 2.24) is 10.0 Å². The molecule has 0 saturated heterocycles. The number of anilines is 1. The normalized spacial score (nSPS) is 13.2. The van der Waals surface area contributed by atoms with Gasteiger partial charge in [-0.1, -0.05) is 0 Å². The first-order valence-corrected chi connectivity index (χ1v) is 10.7. The Labute approximate surface area is 180 Å². The molecule has 9 nitrogen and oxygen atoms in total. The molecule has 0 aromatic heterocycles. The van der Waals surface area contributed by atoms with Crippen molar-refractivity contribution >= 4 is 27.5 Å². The smallest absolute Gasteiger partial charge is 0.243 e. The number of rotatable bonds is 7. The molecule has 2 aromatic rings. The van der Waals surface area contributed by atoms with Crippen molar-refractivity contribution in [2.24, 2.45) is 0 Å². The van der Waals surface area contributed by atoms with E-state index < -0.39 is 58.1 Å². The standard InChI is InChI=1S/C19H18F3N3O6S/c20-12-3-4-13(19(22)18(12)21)25-17(27)9-23-16(26)10-24-32(28,29)11-2-5-14-15(8-11)31-7-1-6-30-14/h2-5,8,24H,1,6-7,9-10H2,(H,23,26)(H,25,27). The predicted octanol–water partition coefficient (Wildman–Crippen LogP) is 1.30. The first-order chi connectivity index (χ1) is 15.2. The Balaban J connectivity index is 1.51. The topological polar surface area (TPSA) is 123 Å². The van der Waals surface area contributed by atoms with Crippen LogP contribution in [-0.2, 0) is 19.6 Å². The molecule has 0 spiro atoms. The van der Waals surface area contributed by atoms with Gasteiger partial charge in [0.25, 0.3) is 0 Å². The summed E-state index contributed by atoms with van der Waals surface area (Å²) in [5, 5.41) is 4.08. The second kappa shape index (κ2) is 9.87. The van der Waals surface area contributed by atoms with Gasteiger partial charge in [0, 0.05) is 12.5 Å². The van der Waals surface area contributed by atoms with E-state index in [-0.39, 0.29) is 10.6 Å². The van der Waals surface area contributed by atoms with E-state index in [2.05, 4.69) is 10.0 Å². The largest absolute Gasteiger partial charge is 0.490 e. The van der Waals surface area contributed by atoms with E-state index in [1.165, 1.54) is 18.2 Å². The molecule has 13 heteroatoms. The highest BCUT2D eigenvalue weighted by molar-refractivity contribution is 7.89. The van der Waals surface area contributed by atoms with Crippen molar-refractivity contribution in [3.8, 4) is 11.5 Å². The Kier molecular flexibility index (Phi) is 7.20. The van der Waals surface area contributed by atoms with E-state index in [4.69, 9.17) is 9.47 Å². The molecule has 172 valence electrons. The molecule has 2 amide bonds.